The Morgan fingerprint density at radius 2 is 1.62 bits per heavy atom. The van der Waals surface area contributed by atoms with Crippen LogP contribution in [0.1, 0.15) is 23.0 Å². The number of alkyl halides is 6. The van der Waals surface area contributed by atoms with E-state index in [0.717, 1.165) is 0 Å². The molecule has 4 rings (SSSR count). The Kier molecular flexibility index (Phi) is 5.49. The Labute approximate surface area is 176 Å². The lowest BCUT2D eigenvalue weighted by molar-refractivity contribution is -0.142. The summed E-state index contributed by atoms with van der Waals surface area (Å²) in [6.45, 7) is 1.02. The third-order valence-corrected chi connectivity index (χ3v) is 5.12. The molecule has 0 spiro atoms. The van der Waals surface area contributed by atoms with E-state index in [0.29, 0.717) is 35.3 Å². The maximum absolute atomic E-state index is 13.3. The highest BCUT2D eigenvalue weighted by molar-refractivity contribution is 5.51. The fourth-order valence-corrected chi connectivity index (χ4v) is 3.53. The third kappa shape index (κ3) is 4.48. The highest BCUT2D eigenvalue weighted by Crippen LogP contribution is 2.33. The Morgan fingerprint density at radius 1 is 1.00 bits per heavy atom. The summed E-state index contributed by atoms with van der Waals surface area (Å²) in [5, 5.41) is 6.14. The SMILES string of the molecule is NC1CN(C(CNc2cc(C(F)(F)F)nc3cc(C(F)(F)F)nn23)c2ccc(F)cc2)C1. The average molecular weight is 462 g/mol. The van der Waals surface area contributed by atoms with Gasteiger partial charge in [0, 0.05) is 37.8 Å². The first-order valence-corrected chi connectivity index (χ1v) is 9.46. The molecule has 1 atom stereocenters. The second kappa shape index (κ2) is 7.89. The lowest BCUT2D eigenvalue weighted by Gasteiger charge is -2.43. The van der Waals surface area contributed by atoms with Gasteiger partial charge < -0.3 is 11.1 Å². The van der Waals surface area contributed by atoms with E-state index in [2.05, 4.69) is 15.4 Å². The van der Waals surface area contributed by atoms with Crippen molar-refractivity contribution in [3.63, 3.8) is 0 Å². The van der Waals surface area contributed by atoms with Gasteiger partial charge in [-0.3, -0.25) is 4.90 Å². The van der Waals surface area contributed by atoms with Crippen LogP contribution < -0.4 is 11.1 Å². The second-order valence-corrected chi connectivity index (χ2v) is 7.48. The predicted octanol–water partition coefficient (Wildman–Crippen LogP) is 3.70. The van der Waals surface area contributed by atoms with Gasteiger partial charge in [0.15, 0.2) is 17.0 Å². The molecule has 3 aromatic rings. The molecule has 0 saturated carbocycles. The summed E-state index contributed by atoms with van der Waals surface area (Å²) in [6, 6.07) is 6.12. The standard InChI is InChI=1S/C19H17F7N6/c20-11-3-1-10(2-4-11)13(31-8-12(27)9-31)7-28-16-5-14(18(21,22)23)29-17-6-15(19(24,25)26)30-32(16)17/h1-6,12-13,28H,7-9,27H2. The molecule has 1 aliphatic rings. The fourth-order valence-electron chi connectivity index (χ4n) is 3.53. The number of aromatic nitrogens is 3. The maximum Gasteiger partial charge on any atom is 0.435 e. The molecule has 13 heteroatoms. The zero-order chi connectivity index (χ0) is 23.3. The number of halogens is 7. The van der Waals surface area contributed by atoms with E-state index in [1.165, 1.54) is 24.3 Å². The minimum atomic E-state index is -4.87. The zero-order valence-electron chi connectivity index (χ0n) is 16.3. The smallest absolute Gasteiger partial charge is 0.368 e. The minimum Gasteiger partial charge on any atom is -0.368 e. The summed E-state index contributed by atoms with van der Waals surface area (Å²) in [5.41, 5.74) is 3.18. The Balaban J connectivity index is 1.69. The number of hydrogen-bond acceptors (Lipinski definition) is 5. The molecule has 3 N–H and O–H groups in total. The van der Waals surface area contributed by atoms with Gasteiger partial charge in [0.05, 0.1) is 6.04 Å². The molecular weight excluding hydrogens is 445 g/mol. The van der Waals surface area contributed by atoms with Crippen LogP contribution in [0.4, 0.5) is 36.6 Å². The number of fused-ring (bicyclic) bond motifs is 1. The van der Waals surface area contributed by atoms with Crippen molar-refractivity contribution in [1.82, 2.24) is 19.5 Å². The molecular formula is C19H17F7N6. The molecule has 0 radical (unpaired) electrons. The Bertz CT molecular complexity index is 1100. The van der Waals surface area contributed by atoms with Crippen molar-refractivity contribution in [3.05, 3.63) is 59.2 Å². The van der Waals surface area contributed by atoms with E-state index >= 15 is 0 Å². The van der Waals surface area contributed by atoms with Gasteiger partial charge in [0.25, 0.3) is 0 Å². The van der Waals surface area contributed by atoms with Crippen molar-refractivity contribution in [2.75, 3.05) is 25.0 Å². The molecule has 1 unspecified atom stereocenters. The summed E-state index contributed by atoms with van der Waals surface area (Å²) in [5.74, 6) is -0.766. The number of hydrogen-bond donors (Lipinski definition) is 2. The van der Waals surface area contributed by atoms with E-state index in [-0.39, 0.29) is 18.4 Å². The van der Waals surface area contributed by atoms with Crippen LogP contribution in [-0.4, -0.2) is 45.2 Å². The van der Waals surface area contributed by atoms with Crippen LogP contribution in [-0.2, 0) is 12.4 Å². The van der Waals surface area contributed by atoms with Crippen LogP contribution >= 0.6 is 0 Å². The van der Waals surface area contributed by atoms with Gasteiger partial charge >= 0.3 is 12.4 Å². The second-order valence-electron chi connectivity index (χ2n) is 7.48. The lowest BCUT2D eigenvalue weighted by Crippen LogP contribution is -2.57. The molecule has 1 aromatic carbocycles. The molecule has 172 valence electrons. The largest absolute Gasteiger partial charge is 0.435 e. The van der Waals surface area contributed by atoms with E-state index in [1.54, 1.807) is 0 Å². The molecule has 0 bridgehead atoms. The molecule has 32 heavy (non-hydrogen) atoms. The number of rotatable bonds is 5. The number of nitrogens with one attached hydrogen (secondary N) is 1. The van der Waals surface area contributed by atoms with Crippen molar-refractivity contribution in [3.8, 4) is 0 Å². The van der Waals surface area contributed by atoms with Gasteiger partial charge in [-0.2, -0.15) is 36.0 Å². The highest BCUT2D eigenvalue weighted by atomic mass is 19.4. The van der Waals surface area contributed by atoms with Crippen LogP contribution in [0.15, 0.2) is 36.4 Å². The monoisotopic (exact) mass is 462 g/mol. The summed E-state index contributed by atoms with van der Waals surface area (Å²) in [7, 11) is 0. The van der Waals surface area contributed by atoms with Gasteiger partial charge in [-0.05, 0) is 17.7 Å². The van der Waals surface area contributed by atoms with Gasteiger partial charge in [0.2, 0.25) is 0 Å². The molecule has 0 amide bonds. The van der Waals surface area contributed by atoms with Gasteiger partial charge in [-0.1, -0.05) is 12.1 Å². The number of nitrogens with zero attached hydrogens (tertiary/aromatic N) is 4. The number of benzene rings is 1. The van der Waals surface area contributed by atoms with Crippen LogP contribution in [0.25, 0.3) is 5.65 Å². The van der Waals surface area contributed by atoms with Gasteiger partial charge in [0.1, 0.15) is 11.6 Å². The van der Waals surface area contributed by atoms with Crippen LogP contribution in [0.3, 0.4) is 0 Å². The van der Waals surface area contributed by atoms with Crippen molar-refractivity contribution in [1.29, 1.82) is 0 Å². The van der Waals surface area contributed by atoms with Crippen LogP contribution in [0, 0.1) is 5.82 Å². The first-order chi connectivity index (χ1) is 14.9. The van der Waals surface area contributed by atoms with E-state index in [1.807, 2.05) is 4.90 Å². The molecule has 2 aromatic heterocycles. The summed E-state index contributed by atoms with van der Waals surface area (Å²) in [4.78, 5) is 5.20. The molecule has 1 fully saturated rings. The normalized spacial score (nSPS) is 16.9. The lowest BCUT2D eigenvalue weighted by atomic mass is 9.99. The summed E-state index contributed by atoms with van der Waals surface area (Å²) in [6.07, 6.45) is -9.73. The first kappa shape index (κ1) is 22.3. The number of nitrogens with two attached hydrogens (primary N) is 1. The molecule has 1 saturated heterocycles. The van der Waals surface area contributed by atoms with E-state index in [4.69, 9.17) is 5.73 Å². The van der Waals surface area contributed by atoms with Crippen molar-refractivity contribution in [2.45, 2.75) is 24.4 Å². The minimum absolute atomic E-state index is 0.00989. The fraction of sp³-hybridized carbons (Fsp3) is 0.368. The molecule has 6 nitrogen and oxygen atoms in total. The quantitative estimate of drug-likeness (QED) is 0.566. The van der Waals surface area contributed by atoms with Crippen LogP contribution in [0.2, 0.25) is 0 Å². The summed E-state index contributed by atoms with van der Waals surface area (Å²) < 4.78 is 93.0. The Morgan fingerprint density at radius 3 is 2.19 bits per heavy atom. The molecule has 1 aliphatic heterocycles. The van der Waals surface area contributed by atoms with Gasteiger partial charge in [-0.25, -0.2) is 9.37 Å². The number of likely N-dealkylation sites (tertiary alicyclic amines) is 1. The van der Waals surface area contributed by atoms with Crippen molar-refractivity contribution < 1.29 is 30.7 Å². The average Bonchev–Trinajstić information content (AvgIpc) is 3.12. The summed E-state index contributed by atoms with van der Waals surface area (Å²) >= 11 is 0. The van der Waals surface area contributed by atoms with Crippen LogP contribution in [0.5, 0.6) is 0 Å². The predicted molar refractivity (Wildman–Crippen MR) is 100 cm³/mol. The van der Waals surface area contributed by atoms with Crippen molar-refractivity contribution >= 4 is 11.5 Å². The Hall–Kier alpha value is -2.93. The molecule has 3 heterocycles. The third-order valence-electron chi connectivity index (χ3n) is 5.12. The van der Waals surface area contributed by atoms with E-state index < -0.39 is 41.2 Å². The topological polar surface area (TPSA) is 71.5 Å². The van der Waals surface area contributed by atoms with E-state index in [9.17, 15) is 30.7 Å². The van der Waals surface area contributed by atoms with Crippen molar-refractivity contribution in [2.24, 2.45) is 5.73 Å². The van der Waals surface area contributed by atoms with Gasteiger partial charge in [-0.15, -0.1) is 0 Å². The zero-order valence-corrected chi connectivity index (χ0v) is 16.3. The highest BCUT2D eigenvalue weighted by Gasteiger charge is 2.38. The molecule has 0 aliphatic carbocycles. The maximum atomic E-state index is 13.3. The first-order valence-electron chi connectivity index (χ1n) is 9.46. The number of anilines is 1.